The largest absolute Gasteiger partial charge is 0.493 e. The van der Waals surface area contributed by atoms with Gasteiger partial charge in [0.1, 0.15) is 0 Å². The summed E-state index contributed by atoms with van der Waals surface area (Å²) in [6, 6.07) is 3.37. The first-order valence-electron chi connectivity index (χ1n) is 5.43. The van der Waals surface area contributed by atoms with E-state index in [1.165, 1.54) is 21.3 Å². The lowest BCUT2D eigenvalue weighted by atomic mass is 10.1. The third-order valence-corrected chi connectivity index (χ3v) is 2.38. The zero-order valence-corrected chi connectivity index (χ0v) is 11.1. The lowest BCUT2D eigenvalue weighted by Crippen LogP contribution is -2.24. The topological polar surface area (TPSA) is 109 Å². The molecule has 104 valence electrons. The summed E-state index contributed by atoms with van der Waals surface area (Å²) in [6.45, 7) is 0. The Labute approximate surface area is 111 Å². The Morgan fingerprint density at radius 1 is 1.11 bits per heavy atom. The molecule has 7 heteroatoms. The van der Waals surface area contributed by atoms with Crippen molar-refractivity contribution in [2.24, 2.45) is 16.5 Å². The van der Waals surface area contributed by atoms with Crippen LogP contribution in [0.2, 0.25) is 0 Å². The van der Waals surface area contributed by atoms with E-state index < -0.39 is 5.91 Å². The van der Waals surface area contributed by atoms with E-state index in [2.05, 4.69) is 4.99 Å². The molecule has 0 fully saturated rings. The van der Waals surface area contributed by atoms with Crippen molar-refractivity contribution in [1.29, 1.82) is 0 Å². The van der Waals surface area contributed by atoms with Crippen LogP contribution in [0.5, 0.6) is 17.2 Å². The standard InChI is InChI=1S/C12H17N3O4/c1-17-8-5-4-7(6-9(16)15-12(13)14)10(18-2)11(8)19-3/h4-5H,6H2,1-3H3,(H4,13,14,15,16). The van der Waals surface area contributed by atoms with E-state index in [1.807, 2.05) is 0 Å². The average Bonchev–Trinajstić information content (AvgIpc) is 2.36. The van der Waals surface area contributed by atoms with Gasteiger partial charge in [-0.15, -0.1) is 0 Å². The van der Waals surface area contributed by atoms with Gasteiger partial charge in [0, 0.05) is 5.56 Å². The van der Waals surface area contributed by atoms with E-state index in [1.54, 1.807) is 12.1 Å². The zero-order chi connectivity index (χ0) is 14.4. The third kappa shape index (κ3) is 3.51. The number of nitrogens with zero attached hydrogens (tertiary/aromatic N) is 1. The molecule has 19 heavy (non-hydrogen) atoms. The van der Waals surface area contributed by atoms with Crippen LogP contribution >= 0.6 is 0 Å². The van der Waals surface area contributed by atoms with Gasteiger partial charge in [0.25, 0.3) is 5.91 Å². The molecule has 0 aliphatic rings. The highest BCUT2D eigenvalue weighted by molar-refractivity contribution is 5.92. The Balaban J connectivity index is 3.15. The number of hydrogen-bond donors (Lipinski definition) is 2. The van der Waals surface area contributed by atoms with Crippen LogP contribution in [0.15, 0.2) is 17.1 Å². The highest BCUT2D eigenvalue weighted by Gasteiger charge is 2.17. The molecule has 1 amide bonds. The maximum absolute atomic E-state index is 11.6. The molecule has 0 aliphatic carbocycles. The van der Waals surface area contributed by atoms with Crippen LogP contribution in [0.3, 0.4) is 0 Å². The number of aliphatic imine (C=N–C) groups is 1. The number of nitrogens with two attached hydrogens (primary N) is 2. The van der Waals surface area contributed by atoms with Crippen molar-refractivity contribution in [3.8, 4) is 17.2 Å². The van der Waals surface area contributed by atoms with Gasteiger partial charge in [-0.1, -0.05) is 6.07 Å². The maximum atomic E-state index is 11.6. The maximum Gasteiger partial charge on any atom is 0.253 e. The van der Waals surface area contributed by atoms with E-state index in [0.717, 1.165) is 0 Å². The molecule has 0 atom stereocenters. The molecule has 0 spiro atoms. The molecule has 0 unspecified atom stereocenters. The highest BCUT2D eigenvalue weighted by atomic mass is 16.5. The van der Waals surface area contributed by atoms with Crippen LogP contribution in [0.25, 0.3) is 0 Å². The normalized spacial score (nSPS) is 9.63. The SMILES string of the molecule is COc1ccc(CC(=O)N=C(N)N)c(OC)c1OC. The average molecular weight is 267 g/mol. The predicted octanol–water partition coefficient (Wildman–Crippen LogP) is 0.0549. The number of carbonyl (C=O) groups is 1. The van der Waals surface area contributed by atoms with Crippen LogP contribution in [-0.2, 0) is 11.2 Å². The van der Waals surface area contributed by atoms with Gasteiger partial charge in [-0.2, -0.15) is 4.99 Å². The molecule has 1 rings (SSSR count). The van der Waals surface area contributed by atoms with Gasteiger partial charge in [-0.25, -0.2) is 0 Å². The van der Waals surface area contributed by atoms with E-state index in [0.29, 0.717) is 22.8 Å². The van der Waals surface area contributed by atoms with Gasteiger partial charge < -0.3 is 25.7 Å². The zero-order valence-electron chi connectivity index (χ0n) is 11.1. The molecular weight excluding hydrogens is 250 g/mol. The Kier molecular flexibility index (Phi) is 4.99. The Hall–Kier alpha value is -2.44. The van der Waals surface area contributed by atoms with Crippen LogP contribution in [-0.4, -0.2) is 33.2 Å². The minimum atomic E-state index is -0.467. The molecule has 7 nitrogen and oxygen atoms in total. The number of amides is 1. The molecule has 0 bridgehead atoms. The number of guanidine groups is 1. The van der Waals surface area contributed by atoms with Crippen molar-refractivity contribution in [3.05, 3.63) is 17.7 Å². The van der Waals surface area contributed by atoms with Crippen LogP contribution in [0.1, 0.15) is 5.56 Å². The number of rotatable bonds is 5. The summed E-state index contributed by atoms with van der Waals surface area (Å²) in [7, 11) is 4.48. The molecule has 0 aliphatic heterocycles. The quantitative estimate of drug-likeness (QED) is 0.576. The first-order valence-corrected chi connectivity index (χ1v) is 5.43. The number of ether oxygens (including phenoxy) is 3. The summed E-state index contributed by atoms with van der Waals surface area (Å²) in [5.74, 6) is 0.605. The number of carbonyl (C=O) groups excluding carboxylic acids is 1. The predicted molar refractivity (Wildman–Crippen MR) is 70.6 cm³/mol. The first kappa shape index (κ1) is 14.6. The van der Waals surface area contributed by atoms with Gasteiger partial charge >= 0.3 is 0 Å². The molecule has 0 saturated heterocycles. The smallest absolute Gasteiger partial charge is 0.253 e. The molecule has 0 saturated carbocycles. The van der Waals surface area contributed by atoms with Crippen molar-refractivity contribution in [2.45, 2.75) is 6.42 Å². The van der Waals surface area contributed by atoms with E-state index in [4.69, 9.17) is 25.7 Å². The van der Waals surface area contributed by atoms with Gasteiger partial charge in [0.15, 0.2) is 17.5 Å². The van der Waals surface area contributed by atoms with E-state index >= 15 is 0 Å². The summed E-state index contributed by atoms with van der Waals surface area (Å²) in [5, 5.41) is 0. The summed E-state index contributed by atoms with van der Waals surface area (Å²) >= 11 is 0. The monoisotopic (exact) mass is 267 g/mol. The first-order chi connectivity index (χ1) is 9.03. The summed E-state index contributed by atoms with van der Waals surface area (Å²) in [4.78, 5) is 15.0. The van der Waals surface area contributed by atoms with E-state index in [-0.39, 0.29) is 12.4 Å². The molecule has 0 aromatic heterocycles. The molecule has 1 aromatic carbocycles. The number of hydrogen-bond acceptors (Lipinski definition) is 4. The Morgan fingerprint density at radius 3 is 2.21 bits per heavy atom. The van der Waals surface area contributed by atoms with Crippen molar-refractivity contribution in [3.63, 3.8) is 0 Å². The van der Waals surface area contributed by atoms with Gasteiger partial charge in [0.05, 0.1) is 27.8 Å². The molecule has 1 aromatic rings. The summed E-state index contributed by atoms with van der Waals surface area (Å²) in [5.41, 5.74) is 10.9. The molecular formula is C12H17N3O4. The molecule has 0 radical (unpaired) electrons. The van der Waals surface area contributed by atoms with Gasteiger partial charge in [-0.05, 0) is 6.07 Å². The lowest BCUT2D eigenvalue weighted by Gasteiger charge is -2.14. The number of benzene rings is 1. The molecule has 0 heterocycles. The fourth-order valence-electron chi connectivity index (χ4n) is 1.65. The second-order valence-corrected chi connectivity index (χ2v) is 3.60. The van der Waals surface area contributed by atoms with Crippen molar-refractivity contribution in [2.75, 3.05) is 21.3 Å². The Bertz CT molecular complexity index is 496. The van der Waals surface area contributed by atoms with Crippen LogP contribution in [0, 0.1) is 0 Å². The number of methoxy groups -OCH3 is 3. The van der Waals surface area contributed by atoms with E-state index in [9.17, 15) is 4.79 Å². The van der Waals surface area contributed by atoms with Crippen molar-refractivity contribution < 1.29 is 19.0 Å². The minimum absolute atomic E-state index is 0.00142. The van der Waals surface area contributed by atoms with Crippen molar-refractivity contribution in [1.82, 2.24) is 0 Å². The fourth-order valence-corrected chi connectivity index (χ4v) is 1.65. The molecule has 4 N–H and O–H groups in total. The second kappa shape index (κ2) is 6.48. The van der Waals surface area contributed by atoms with Crippen molar-refractivity contribution >= 4 is 11.9 Å². The van der Waals surface area contributed by atoms with Crippen LogP contribution < -0.4 is 25.7 Å². The Morgan fingerprint density at radius 2 is 1.74 bits per heavy atom. The summed E-state index contributed by atoms with van der Waals surface area (Å²) in [6.07, 6.45) is 0.00142. The lowest BCUT2D eigenvalue weighted by molar-refractivity contribution is -0.117. The second-order valence-electron chi connectivity index (χ2n) is 3.60. The minimum Gasteiger partial charge on any atom is -0.493 e. The summed E-state index contributed by atoms with van der Waals surface area (Å²) < 4.78 is 15.6. The van der Waals surface area contributed by atoms with Gasteiger partial charge in [-0.3, -0.25) is 4.79 Å². The third-order valence-electron chi connectivity index (χ3n) is 2.38. The van der Waals surface area contributed by atoms with Crippen LogP contribution in [0.4, 0.5) is 0 Å². The highest BCUT2D eigenvalue weighted by Crippen LogP contribution is 2.39. The van der Waals surface area contributed by atoms with Gasteiger partial charge in [0.2, 0.25) is 5.75 Å². The fraction of sp³-hybridized carbons (Fsp3) is 0.333.